The Hall–Kier alpha value is -4.04. The van der Waals surface area contributed by atoms with Crippen LogP contribution < -0.4 is 4.90 Å². The fourth-order valence-corrected chi connectivity index (χ4v) is 5.66. The number of anilines is 2. The standard InChI is InChI=1S/C31H23NO/c1-20-9-2-3-10-22(20)21-17-18-24-23-11-4-6-13-26(23)32(28(24)19-21)27-14-8-16-30-31(27)25-12-5-7-15-29(25)33-30/h2-19,24,28H,1H3. The molecule has 2 nitrogen and oxygen atoms in total. The van der Waals surface area contributed by atoms with Crippen molar-refractivity contribution in [1.29, 1.82) is 0 Å². The molecule has 158 valence electrons. The minimum Gasteiger partial charge on any atom is -0.456 e. The highest BCUT2D eigenvalue weighted by molar-refractivity contribution is 6.12. The fourth-order valence-electron chi connectivity index (χ4n) is 5.66. The van der Waals surface area contributed by atoms with E-state index in [1.165, 1.54) is 44.4 Å². The minimum absolute atomic E-state index is 0.210. The topological polar surface area (TPSA) is 16.4 Å². The van der Waals surface area contributed by atoms with Gasteiger partial charge < -0.3 is 9.32 Å². The molecule has 0 saturated carbocycles. The van der Waals surface area contributed by atoms with Gasteiger partial charge in [0.25, 0.3) is 0 Å². The Morgan fingerprint density at radius 2 is 1.48 bits per heavy atom. The van der Waals surface area contributed by atoms with Crippen molar-refractivity contribution >= 4 is 38.9 Å². The molecule has 0 fully saturated rings. The maximum absolute atomic E-state index is 6.23. The van der Waals surface area contributed by atoms with Gasteiger partial charge in [-0.1, -0.05) is 85.0 Å². The lowest BCUT2D eigenvalue weighted by atomic mass is 9.86. The van der Waals surface area contributed by atoms with E-state index in [1.807, 2.05) is 6.07 Å². The molecule has 2 heteroatoms. The predicted octanol–water partition coefficient (Wildman–Crippen LogP) is 8.15. The van der Waals surface area contributed by atoms with Gasteiger partial charge in [-0.25, -0.2) is 0 Å². The van der Waals surface area contributed by atoms with Crippen molar-refractivity contribution < 1.29 is 4.42 Å². The largest absolute Gasteiger partial charge is 0.456 e. The summed E-state index contributed by atoms with van der Waals surface area (Å²) in [6.45, 7) is 2.19. The van der Waals surface area contributed by atoms with Crippen molar-refractivity contribution in [2.45, 2.75) is 18.9 Å². The van der Waals surface area contributed by atoms with Gasteiger partial charge in [0.1, 0.15) is 11.2 Å². The lowest BCUT2D eigenvalue weighted by Gasteiger charge is -2.30. The number of benzene rings is 4. The monoisotopic (exact) mass is 425 g/mol. The first-order chi connectivity index (χ1) is 16.3. The van der Waals surface area contributed by atoms with E-state index in [-0.39, 0.29) is 6.04 Å². The first-order valence-corrected chi connectivity index (χ1v) is 11.5. The van der Waals surface area contributed by atoms with E-state index in [2.05, 4.69) is 115 Å². The van der Waals surface area contributed by atoms with Gasteiger partial charge in [0.05, 0.1) is 17.1 Å². The highest BCUT2D eigenvalue weighted by atomic mass is 16.3. The van der Waals surface area contributed by atoms with Gasteiger partial charge in [-0.3, -0.25) is 0 Å². The molecule has 5 aromatic rings. The number of hydrogen-bond acceptors (Lipinski definition) is 2. The second-order valence-corrected chi connectivity index (χ2v) is 8.99. The molecule has 0 radical (unpaired) electrons. The van der Waals surface area contributed by atoms with Crippen LogP contribution in [0.2, 0.25) is 0 Å². The Bertz CT molecular complexity index is 1600. The van der Waals surface area contributed by atoms with Crippen LogP contribution in [0.4, 0.5) is 11.4 Å². The second-order valence-electron chi connectivity index (χ2n) is 8.99. The zero-order chi connectivity index (χ0) is 21.9. The summed E-state index contributed by atoms with van der Waals surface area (Å²) < 4.78 is 6.23. The van der Waals surface area contributed by atoms with Crippen molar-refractivity contribution in [2.24, 2.45) is 0 Å². The zero-order valence-electron chi connectivity index (χ0n) is 18.4. The molecule has 0 spiro atoms. The fraction of sp³-hybridized carbons (Fsp3) is 0.0968. The summed E-state index contributed by atoms with van der Waals surface area (Å²) in [5, 5.41) is 2.35. The molecule has 0 amide bonds. The molecule has 2 aliphatic rings. The van der Waals surface area contributed by atoms with Crippen LogP contribution in [0.25, 0.3) is 27.5 Å². The average Bonchev–Trinajstić information content (AvgIpc) is 3.40. The molecule has 0 bridgehead atoms. The van der Waals surface area contributed by atoms with E-state index in [4.69, 9.17) is 4.42 Å². The molecular formula is C31H23NO. The Morgan fingerprint density at radius 3 is 2.42 bits per heavy atom. The van der Waals surface area contributed by atoms with Crippen LogP contribution in [0.3, 0.4) is 0 Å². The molecule has 2 heterocycles. The molecule has 4 aromatic carbocycles. The number of aryl methyl sites for hydroxylation is 1. The van der Waals surface area contributed by atoms with E-state index >= 15 is 0 Å². The Balaban J connectivity index is 1.48. The highest BCUT2D eigenvalue weighted by Crippen LogP contribution is 2.51. The Morgan fingerprint density at radius 1 is 0.727 bits per heavy atom. The summed E-state index contributed by atoms with van der Waals surface area (Å²) in [5.74, 6) is 0.322. The van der Waals surface area contributed by atoms with Crippen molar-refractivity contribution in [3.8, 4) is 0 Å². The summed E-state index contributed by atoms with van der Waals surface area (Å²) in [6, 6.07) is 32.5. The van der Waals surface area contributed by atoms with Crippen LogP contribution in [0.15, 0.2) is 114 Å². The lowest BCUT2D eigenvalue weighted by Crippen LogP contribution is -2.29. The molecule has 0 N–H and O–H groups in total. The van der Waals surface area contributed by atoms with Crippen molar-refractivity contribution in [3.63, 3.8) is 0 Å². The third kappa shape index (κ3) is 2.67. The SMILES string of the molecule is Cc1ccccc1C1=CC2C(C=C1)c1ccccc1N2c1cccc2oc3ccccc3c12. The number of hydrogen-bond donors (Lipinski definition) is 0. The number of allylic oxidation sites excluding steroid dienone is 2. The summed E-state index contributed by atoms with van der Waals surface area (Å²) in [7, 11) is 0. The summed E-state index contributed by atoms with van der Waals surface area (Å²) in [5.41, 5.74) is 9.62. The molecule has 1 aromatic heterocycles. The number of rotatable bonds is 2. The summed E-state index contributed by atoms with van der Waals surface area (Å²) in [4.78, 5) is 2.52. The molecule has 1 aliphatic heterocycles. The van der Waals surface area contributed by atoms with Crippen LogP contribution in [-0.4, -0.2) is 6.04 Å². The number of fused-ring (bicyclic) bond motifs is 6. The van der Waals surface area contributed by atoms with Gasteiger partial charge >= 0.3 is 0 Å². The van der Waals surface area contributed by atoms with Gasteiger partial charge in [0.15, 0.2) is 0 Å². The molecule has 2 atom stereocenters. The van der Waals surface area contributed by atoms with Crippen molar-refractivity contribution in [1.82, 2.24) is 0 Å². The minimum atomic E-state index is 0.210. The molecule has 2 unspecified atom stereocenters. The Kier molecular flexibility index (Phi) is 3.92. The maximum atomic E-state index is 6.23. The van der Waals surface area contributed by atoms with E-state index in [0.29, 0.717) is 5.92 Å². The normalized spacial score (nSPS) is 19.1. The van der Waals surface area contributed by atoms with Gasteiger partial charge in [0, 0.05) is 17.0 Å². The molecule has 1 aliphatic carbocycles. The van der Waals surface area contributed by atoms with Gasteiger partial charge in [-0.15, -0.1) is 0 Å². The molecule has 33 heavy (non-hydrogen) atoms. The quantitative estimate of drug-likeness (QED) is 0.284. The lowest BCUT2D eigenvalue weighted by molar-refractivity contribution is 0.668. The molecule has 0 saturated heterocycles. The Labute approximate surface area is 193 Å². The van der Waals surface area contributed by atoms with Crippen molar-refractivity contribution in [3.05, 3.63) is 126 Å². The number of furan rings is 1. The van der Waals surface area contributed by atoms with E-state index in [1.54, 1.807) is 0 Å². The summed E-state index contributed by atoms with van der Waals surface area (Å²) >= 11 is 0. The maximum Gasteiger partial charge on any atom is 0.137 e. The van der Waals surface area contributed by atoms with Crippen molar-refractivity contribution in [2.75, 3.05) is 4.90 Å². The van der Waals surface area contributed by atoms with Crippen LogP contribution in [0, 0.1) is 6.92 Å². The van der Waals surface area contributed by atoms with Crippen LogP contribution in [0.1, 0.15) is 22.6 Å². The molecule has 7 rings (SSSR count). The first-order valence-electron chi connectivity index (χ1n) is 11.5. The zero-order valence-corrected chi connectivity index (χ0v) is 18.4. The number of para-hydroxylation sites is 2. The third-order valence-electron chi connectivity index (χ3n) is 7.15. The molecular weight excluding hydrogens is 402 g/mol. The number of nitrogens with zero attached hydrogens (tertiary/aromatic N) is 1. The third-order valence-corrected chi connectivity index (χ3v) is 7.15. The van der Waals surface area contributed by atoms with Gasteiger partial charge in [-0.05, 0) is 53.5 Å². The van der Waals surface area contributed by atoms with Crippen LogP contribution in [-0.2, 0) is 0 Å². The second kappa shape index (κ2) is 6.98. The predicted molar refractivity (Wildman–Crippen MR) is 137 cm³/mol. The highest BCUT2D eigenvalue weighted by Gasteiger charge is 2.39. The van der Waals surface area contributed by atoms with E-state index in [9.17, 15) is 0 Å². The van der Waals surface area contributed by atoms with Gasteiger partial charge in [-0.2, -0.15) is 0 Å². The smallest absolute Gasteiger partial charge is 0.137 e. The summed E-state index contributed by atoms with van der Waals surface area (Å²) in [6.07, 6.45) is 7.14. The van der Waals surface area contributed by atoms with E-state index < -0.39 is 0 Å². The average molecular weight is 426 g/mol. The van der Waals surface area contributed by atoms with Crippen LogP contribution >= 0.6 is 0 Å². The first kappa shape index (κ1) is 18.5. The van der Waals surface area contributed by atoms with E-state index in [0.717, 1.165) is 11.2 Å². The van der Waals surface area contributed by atoms with Crippen LogP contribution in [0.5, 0.6) is 0 Å². The van der Waals surface area contributed by atoms with Gasteiger partial charge in [0.2, 0.25) is 0 Å².